The number of thioether (sulfide) groups is 2. The summed E-state index contributed by atoms with van der Waals surface area (Å²) < 4.78 is 0.131. The minimum Gasteiger partial charge on any atom is -0.337 e. The third-order valence-corrected chi connectivity index (χ3v) is 3.81. The van der Waals surface area contributed by atoms with Gasteiger partial charge in [0.1, 0.15) is 0 Å². The Labute approximate surface area is 111 Å². The molecule has 0 aromatic rings. The summed E-state index contributed by atoms with van der Waals surface area (Å²) in [6, 6.07) is -0.225. The molecule has 0 unspecified atom stereocenters. The molecular formula is C11H20N2O2S2. The van der Waals surface area contributed by atoms with Gasteiger partial charge >= 0.3 is 6.03 Å². The van der Waals surface area contributed by atoms with Crippen LogP contribution in [0.4, 0.5) is 9.59 Å². The molecule has 0 atom stereocenters. The van der Waals surface area contributed by atoms with Crippen molar-refractivity contribution in [3.63, 3.8) is 0 Å². The van der Waals surface area contributed by atoms with Crippen molar-refractivity contribution in [2.45, 2.75) is 19.8 Å². The van der Waals surface area contributed by atoms with Crippen LogP contribution >= 0.6 is 23.5 Å². The van der Waals surface area contributed by atoms with Crippen molar-refractivity contribution < 1.29 is 9.59 Å². The van der Waals surface area contributed by atoms with Crippen molar-refractivity contribution in [2.24, 2.45) is 0 Å². The number of hydrogen-bond donors (Lipinski definition) is 2. The van der Waals surface area contributed by atoms with Crippen molar-refractivity contribution >= 4 is 34.0 Å². The molecule has 4 nitrogen and oxygen atoms in total. The second-order valence-electron chi connectivity index (χ2n) is 3.23. The molecule has 0 spiro atoms. The number of carbonyl (C=O) groups is 2. The Kier molecular flexibility index (Phi) is 11.4. The molecule has 0 fully saturated rings. The van der Waals surface area contributed by atoms with Crippen LogP contribution in [0.15, 0.2) is 12.7 Å². The van der Waals surface area contributed by atoms with Crippen LogP contribution in [0.5, 0.6) is 0 Å². The van der Waals surface area contributed by atoms with E-state index in [1.54, 1.807) is 6.08 Å². The number of urea groups is 1. The maximum atomic E-state index is 11.3. The van der Waals surface area contributed by atoms with Crippen LogP contribution in [0.3, 0.4) is 0 Å². The fourth-order valence-electron chi connectivity index (χ4n) is 0.868. The van der Waals surface area contributed by atoms with Gasteiger partial charge in [0.2, 0.25) is 4.45 Å². The lowest BCUT2D eigenvalue weighted by Gasteiger charge is -2.04. The van der Waals surface area contributed by atoms with E-state index in [4.69, 9.17) is 0 Å². The Bertz CT molecular complexity index is 248. The van der Waals surface area contributed by atoms with Crippen molar-refractivity contribution in [3.05, 3.63) is 12.7 Å². The second-order valence-corrected chi connectivity index (χ2v) is 5.62. The lowest BCUT2D eigenvalue weighted by atomic mass is 10.4. The number of rotatable bonds is 8. The van der Waals surface area contributed by atoms with E-state index in [0.29, 0.717) is 18.8 Å². The summed E-state index contributed by atoms with van der Waals surface area (Å²) in [7, 11) is 0. The molecule has 0 aliphatic carbocycles. The van der Waals surface area contributed by atoms with E-state index in [1.165, 1.54) is 23.5 Å². The Balaban J connectivity index is 3.34. The maximum absolute atomic E-state index is 11.3. The number of nitrogens with one attached hydrogen (secondary N) is 2. The zero-order chi connectivity index (χ0) is 12.9. The van der Waals surface area contributed by atoms with E-state index < -0.39 is 0 Å². The first kappa shape index (κ1) is 16.4. The zero-order valence-corrected chi connectivity index (χ0v) is 11.8. The Morgan fingerprint density at radius 3 is 2.59 bits per heavy atom. The highest BCUT2D eigenvalue weighted by molar-refractivity contribution is 8.38. The zero-order valence-electron chi connectivity index (χ0n) is 10.2. The van der Waals surface area contributed by atoms with Gasteiger partial charge in [-0.25, -0.2) is 4.79 Å². The summed E-state index contributed by atoms with van der Waals surface area (Å²) in [5, 5.41) is 5.25. The highest BCUT2D eigenvalue weighted by Crippen LogP contribution is 2.17. The molecule has 0 saturated heterocycles. The van der Waals surface area contributed by atoms with Crippen LogP contribution in [0, 0.1) is 0 Å². The van der Waals surface area contributed by atoms with E-state index in [1.807, 2.05) is 0 Å². The molecule has 2 amide bonds. The minimum absolute atomic E-state index is 0.131. The van der Waals surface area contributed by atoms with Gasteiger partial charge in [0, 0.05) is 24.6 Å². The first-order valence-corrected chi connectivity index (χ1v) is 7.60. The molecule has 0 saturated carbocycles. The summed E-state index contributed by atoms with van der Waals surface area (Å²) in [4.78, 5) is 22.4. The molecule has 6 heteroatoms. The third-order valence-electron chi connectivity index (χ3n) is 1.73. The Morgan fingerprint density at radius 1 is 1.24 bits per heavy atom. The van der Waals surface area contributed by atoms with Crippen LogP contribution in [-0.2, 0) is 0 Å². The van der Waals surface area contributed by atoms with Gasteiger partial charge in [0.15, 0.2) is 0 Å². The SMILES string of the molecule is C=CCNC(=O)NCCSC(=O)SCCCC. The molecule has 98 valence electrons. The van der Waals surface area contributed by atoms with Gasteiger partial charge in [0.25, 0.3) is 0 Å². The first-order valence-electron chi connectivity index (χ1n) is 5.62. The van der Waals surface area contributed by atoms with Gasteiger partial charge in [0.05, 0.1) is 0 Å². The topological polar surface area (TPSA) is 58.2 Å². The van der Waals surface area contributed by atoms with E-state index >= 15 is 0 Å². The summed E-state index contributed by atoms with van der Waals surface area (Å²) in [6.45, 7) is 6.54. The fourth-order valence-corrected chi connectivity index (χ4v) is 2.67. The van der Waals surface area contributed by atoms with Crippen molar-refractivity contribution in [1.82, 2.24) is 10.6 Å². The van der Waals surface area contributed by atoms with E-state index in [0.717, 1.165) is 18.6 Å². The monoisotopic (exact) mass is 276 g/mol. The molecule has 0 bridgehead atoms. The molecule has 0 rings (SSSR count). The van der Waals surface area contributed by atoms with Gasteiger partial charge in [-0.15, -0.1) is 6.58 Å². The molecule has 17 heavy (non-hydrogen) atoms. The highest BCUT2D eigenvalue weighted by Gasteiger charge is 2.03. The van der Waals surface area contributed by atoms with Gasteiger partial charge in [-0.1, -0.05) is 42.9 Å². The quantitative estimate of drug-likeness (QED) is 0.529. The fraction of sp³-hybridized carbons (Fsp3) is 0.636. The van der Waals surface area contributed by atoms with E-state index in [2.05, 4.69) is 24.1 Å². The van der Waals surface area contributed by atoms with Crippen LogP contribution in [0.1, 0.15) is 19.8 Å². The van der Waals surface area contributed by atoms with Crippen LogP contribution in [-0.4, -0.2) is 35.1 Å². The maximum Gasteiger partial charge on any atom is 0.315 e. The molecule has 0 radical (unpaired) electrons. The van der Waals surface area contributed by atoms with E-state index in [-0.39, 0.29) is 10.5 Å². The molecule has 0 aliphatic heterocycles. The predicted molar refractivity (Wildman–Crippen MR) is 76.8 cm³/mol. The Hall–Kier alpha value is -0.620. The number of amides is 2. The molecule has 0 heterocycles. The largest absolute Gasteiger partial charge is 0.337 e. The summed E-state index contributed by atoms with van der Waals surface area (Å²) in [5.74, 6) is 1.50. The molecule has 0 aromatic carbocycles. The Morgan fingerprint density at radius 2 is 1.94 bits per heavy atom. The highest BCUT2D eigenvalue weighted by atomic mass is 32.2. The van der Waals surface area contributed by atoms with Crippen LogP contribution in [0.2, 0.25) is 0 Å². The summed E-state index contributed by atoms with van der Waals surface area (Å²) >= 11 is 2.61. The number of unbranched alkanes of at least 4 members (excludes halogenated alkanes) is 1. The van der Waals surface area contributed by atoms with E-state index in [9.17, 15) is 9.59 Å². The first-order chi connectivity index (χ1) is 8.20. The normalized spacial score (nSPS) is 9.71. The third kappa shape index (κ3) is 11.6. The van der Waals surface area contributed by atoms with Crippen LogP contribution < -0.4 is 10.6 Å². The van der Waals surface area contributed by atoms with Crippen molar-refractivity contribution in [1.29, 1.82) is 0 Å². The average Bonchev–Trinajstić information content (AvgIpc) is 2.32. The standard InChI is InChI=1S/C11H20N2O2S2/c1-3-5-8-16-11(15)17-9-7-13-10(14)12-6-4-2/h4H,2-3,5-9H2,1H3,(H2,12,13,14). The smallest absolute Gasteiger partial charge is 0.315 e. The van der Waals surface area contributed by atoms with Gasteiger partial charge < -0.3 is 10.6 Å². The molecule has 2 N–H and O–H groups in total. The van der Waals surface area contributed by atoms with Gasteiger partial charge in [-0.3, -0.25) is 4.79 Å². The van der Waals surface area contributed by atoms with Gasteiger partial charge in [-0.2, -0.15) is 0 Å². The summed E-state index contributed by atoms with van der Waals surface area (Å²) in [6.07, 6.45) is 3.79. The van der Waals surface area contributed by atoms with Gasteiger partial charge in [-0.05, 0) is 6.42 Å². The minimum atomic E-state index is -0.225. The number of hydrogen-bond acceptors (Lipinski definition) is 4. The lowest BCUT2D eigenvalue weighted by Crippen LogP contribution is -2.36. The second kappa shape index (κ2) is 11.9. The van der Waals surface area contributed by atoms with Crippen LogP contribution in [0.25, 0.3) is 0 Å². The average molecular weight is 276 g/mol. The summed E-state index contributed by atoms with van der Waals surface area (Å²) in [5.41, 5.74) is 0. The lowest BCUT2D eigenvalue weighted by molar-refractivity contribution is 0.242. The molecular weight excluding hydrogens is 256 g/mol. The van der Waals surface area contributed by atoms with Crippen molar-refractivity contribution in [2.75, 3.05) is 24.6 Å². The molecule has 0 aromatic heterocycles. The van der Waals surface area contributed by atoms with Crippen molar-refractivity contribution in [3.8, 4) is 0 Å². The number of carbonyl (C=O) groups excluding carboxylic acids is 2. The molecule has 0 aliphatic rings. The predicted octanol–water partition coefficient (Wildman–Crippen LogP) is 2.86.